The molecule has 0 fully saturated rings. The largest absolute Gasteiger partial charge is 0.355 e. The Kier molecular flexibility index (Phi) is 5.34. The van der Waals surface area contributed by atoms with Gasteiger partial charge >= 0.3 is 0 Å². The van der Waals surface area contributed by atoms with E-state index in [9.17, 15) is 9.59 Å². The summed E-state index contributed by atoms with van der Waals surface area (Å²) in [5, 5.41) is 3.24. The summed E-state index contributed by atoms with van der Waals surface area (Å²) >= 11 is 11.9. The van der Waals surface area contributed by atoms with Crippen LogP contribution in [0.1, 0.15) is 26.4 Å². The summed E-state index contributed by atoms with van der Waals surface area (Å²) in [4.78, 5) is 25.6. The average molecular weight is 354 g/mol. The number of carbonyl (C=O) groups is 2. The van der Waals surface area contributed by atoms with E-state index in [4.69, 9.17) is 23.2 Å². The molecule has 2 rings (SSSR count). The topological polar surface area (TPSA) is 54.3 Å². The van der Waals surface area contributed by atoms with Gasteiger partial charge in [0.15, 0.2) is 0 Å². The maximum absolute atomic E-state index is 12.5. The lowest BCUT2D eigenvalue weighted by Crippen LogP contribution is -2.28. The van der Waals surface area contributed by atoms with E-state index < -0.39 is 0 Å². The van der Waals surface area contributed by atoms with Crippen molar-refractivity contribution in [3.63, 3.8) is 0 Å². The maximum atomic E-state index is 12.5. The van der Waals surface area contributed by atoms with Crippen LogP contribution in [0, 0.1) is 0 Å². The van der Waals surface area contributed by atoms with Gasteiger partial charge in [0.2, 0.25) is 0 Å². The molecule has 0 unspecified atom stereocenters. The van der Waals surface area contributed by atoms with Crippen LogP contribution in [0.2, 0.25) is 10.2 Å². The highest BCUT2D eigenvalue weighted by Gasteiger charge is 2.19. The van der Waals surface area contributed by atoms with E-state index in [1.165, 1.54) is 0 Å². The molecule has 5 nitrogen and oxygen atoms in total. The summed E-state index contributed by atoms with van der Waals surface area (Å²) in [6.45, 7) is 0.410. The van der Waals surface area contributed by atoms with E-state index in [2.05, 4.69) is 5.32 Å². The third-order valence-corrected chi connectivity index (χ3v) is 4.39. The van der Waals surface area contributed by atoms with Crippen LogP contribution in [0.3, 0.4) is 0 Å². The highest BCUT2D eigenvalue weighted by molar-refractivity contribution is 6.41. The van der Waals surface area contributed by atoms with Crippen molar-refractivity contribution in [2.24, 2.45) is 7.05 Å². The lowest BCUT2D eigenvalue weighted by molar-refractivity contribution is 0.0775. The molecule has 1 N–H and O–H groups in total. The number of halogens is 2. The van der Waals surface area contributed by atoms with Crippen molar-refractivity contribution >= 4 is 35.0 Å². The Morgan fingerprint density at radius 3 is 2.30 bits per heavy atom. The zero-order valence-corrected chi connectivity index (χ0v) is 14.6. The van der Waals surface area contributed by atoms with Gasteiger partial charge in [0.25, 0.3) is 11.8 Å². The van der Waals surface area contributed by atoms with Crippen molar-refractivity contribution in [3.05, 3.63) is 57.3 Å². The second kappa shape index (κ2) is 7.06. The summed E-state index contributed by atoms with van der Waals surface area (Å²) in [5.41, 5.74) is 1.91. The zero-order valence-electron chi connectivity index (χ0n) is 13.1. The minimum atomic E-state index is -0.184. The molecule has 2 amide bonds. The van der Waals surface area contributed by atoms with E-state index in [0.29, 0.717) is 28.0 Å². The Morgan fingerprint density at radius 1 is 1.22 bits per heavy atom. The van der Waals surface area contributed by atoms with Gasteiger partial charge < -0.3 is 14.8 Å². The first-order valence-electron chi connectivity index (χ1n) is 6.92. The Hall–Kier alpha value is -1.98. The van der Waals surface area contributed by atoms with E-state index >= 15 is 0 Å². The average Bonchev–Trinajstić information content (AvgIpc) is 2.81. The van der Waals surface area contributed by atoms with Gasteiger partial charge in [-0.15, -0.1) is 0 Å². The molecule has 0 spiro atoms. The predicted molar refractivity (Wildman–Crippen MR) is 91.1 cm³/mol. The Bertz CT molecular complexity index is 739. The Labute approximate surface area is 144 Å². The number of amides is 2. The number of hydrogen-bond acceptors (Lipinski definition) is 2. The van der Waals surface area contributed by atoms with Gasteiger partial charge in [0.1, 0.15) is 10.8 Å². The third kappa shape index (κ3) is 3.68. The number of hydrogen-bond donors (Lipinski definition) is 1. The molecule has 0 atom stereocenters. The summed E-state index contributed by atoms with van der Waals surface area (Å²) in [6, 6.07) is 8.64. The lowest BCUT2D eigenvalue weighted by Gasteiger charge is -2.18. The van der Waals surface area contributed by atoms with Crippen molar-refractivity contribution < 1.29 is 9.59 Å². The Morgan fingerprint density at radius 2 is 1.83 bits per heavy atom. The quantitative estimate of drug-likeness (QED) is 0.918. The van der Waals surface area contributed by atoms with Gasteiger partial charge in [-0.3, -0.25) is 9.59 Å². The number of benzene rings is 1. The van der Waals surface area contributed by atoms with Crippen LogP contribution >= 0.6 is 23.2 Å². The number of nitrogens with one attached hydrogen (secondary N) is 1. The molecule has 2 aromatic rings. The van der Waals surface area contributed by atoms with Crippen LogP contribution in [0.5, 0.6) is 0 Å². The summed E-state index contributed by atoms with van der Waals surface area (Å²) in [6.07, 6.45) is 0. The summed E-state index contributed by atoms with van der Waals surface area (Å²) in [5.74, 6) is -0.328. The first-order chi connectivity index (χ1) is 10.8. The molecule has 0 aliphatic heterocycles. The summed E-state index contributed by atoms with van der Waals surface area (Å²) < 4.78 is 1.55. The first kappa shape index (κ1) is 17.4. The van der Waals surface area contributed by atoms with E-state index in [-0.39, 0.29) is 11.8 Å². The molecule has 0 saturated heterocycles. The molecular weight excluding hydrogens is 337 g/mol. The van der Waals surface area contributed by atoms with Crippen molar-refractivity contribution in [2.45, 2.75) is 6.54 Å². The van der Waals surface area contributed by atoms with Crippen LogP contribution in [0.4, 0.5) is 0 Å². The van der Waals surface area contributed by atoms with E-state index in [1.54, 1.807) is 48.8 Å². The van der Waals surface area contributed by atoms with Crippen LogP contribution < -0.4 is 5.32 Å². The molecule has 23 heavy (non-hydrogen) atoms. The number of carbonyl (C=O) groups excluding carboxylic acids is 2. The normalized spacial score (nSPS) is 10.5. The number of rotatable bonds is 4. The molecule has 0 saturated carbocycles. The highest BCUT2D eigenvalue weighted by atomic mass is 35.5. The molecular formula is C16H17Cl2N3O2. The van der Waals surface area contributed by atoms with Crippen molar-refractivity contribution in [1.82, 2.24) is 14.8 Å². The predicted octanol–water partition coefficient (Wildman–Crippen LogP) is 2.96. The minimum Gasteiger partial charge on any atom is -0.355 e. The zero-order chi connectivity index (χ0) is 17.1. The van der Waals surface area contributed by atoms with Gasteiger partial charge in [-0.1, -0.05) is 35.3 Å². The number of nitrogens with zero attached hydrogens (tertiary/aromatic N) is 2. The summed E-state index contributed by atoms with van der Waals surface area (Å²) in [7, 11) is 4.97. The molecule has 0 radical (unpaired) electrons. The second-order valence-electron chi connectivity index (χ2n) is 5.16. The third-order valence-electron chi connectivity index (χ3n) is 3.55. The SMILES string of the molecule is CNC(=O)c1ccc(CN(C)C(=O)c2cc(Cl)c(Cl)n2C)cc1. The van der Waals surface area contributed by atoms with Crippen molar-refractivity contribution in [3.8, 4) is 0 Å². The molecule has 0 bridgehead atoms. The van der Waals surface area contributed by atoms with Crippen LogP contribution in [-0.4, -0.2) is 35.4 Å². The molecule has 7 heteroatoms. The molecule has 1 heterocycles. The maximum Gasteiger partial charge on any atom is 0.270 e. The van der Waals surface area contributed by atoms with Crippen molar-refractivity contribution in [1.29, 1.82) is 0 Å². The monoisotopic (exact) mass is 353 g/mol. The fraction of sp³-hybridized carbons (Fsp3) is 0.250. The molecule has 0 aliphatic rings. The van der Waals surface area contributed by atoms with Gasteiger partial charge in [-0.2, -0.15) is 0 Å². The Balaban J connectivity index is 2.12. The molecule has 0 aliphatic carbocycles. The lowest BCUT2D eigenvalue weighted by atomic mass is 10.1. The van der Waals surface area contributed by atoms with Crippen LogP contribution in [-0.2, 0) is 13.6 Å². The first-order valence-corrected chi connectivity index (χ1v) is 7.68. The molecule has 1 aromatic heterocycles. The fourth-order valence-corrected chi connectivity index (χ4v) is 2.57. The van der Waals surface area contributed by atoms with Crippen LogP contribution in [0.25, 0.3) is 0 Å². The van der Waals surface area contributed by atoms with Crippen molar-refractivity contribution in [2.75, 3.05) is 14.1 Å². The second-order valence-corrected chi connectivity index (χ2v) is 5.93. The van der Waals surface area contributed by atoms with Gasteiger partial charge in [0, 0.05) is 33.3 Å². The standard InChI is InChI=1S/C16H17Cl2N3O2/c1-19-15(22)11-6-4-10(5-7-11)9-20(2)16(23)13-8-12(17)14(18)21(13)3/h4-8H,9H2,1-3H3,(H,19,22). The molecule has 1 aromatic carbocycles. The van der Waals surface area contributed by atoms with Crippen LogP contribution in [0.15, 0.2) is 30.3 Å². The van der Waals surface area contributed by atoms with E-state index in [1.807, 2.05) is 12.1 Å². The highest BCUT2D eigenvalue weighted by Crippen LogP contribution is 2.26. The molecule has 122 valence electrons. The fourth-order valence-electron chi connectivity index (χ4n) is 2.19. The smallest absolute Gasteiger partial charge is 0.270 e. The van der Waals surface area contributed by atoms with E-state index in [0.717, 1.165) is 5.56 Å². The van der Waals surface area contributed by atoms with Gasteiger partial charge in [0.05, 0.1) is 5.02 Å². The van der Waals surface area contributed by atoms with Gasteiger partial charge in [-0.25, -0.2) is 0 Å². The number of aromatic nitrogens is 1. The van der Waals surface area contributed by atoms with Gasteiger partial charge in [-0.05, 0) is 23.8 Å². The minimum absolute atomic E-state index is 0.144.